The summed E-state index contributed by atoms with van der Waals surface area (Å²) < 4.78 is 0. The van der Waals surface area contributed by atoms with Gasteiger partial charge in [0.05, 0.1) is 10.6 Å². The van der Waals surface area contributed by atoms with Crippen LogP contribution in [0, 0.1) is 13.8 Å². The molecule has 0 spiro atoms. The Kier molecular flexibility index (Phi) is 3.60. The first-order valence-corrected chi connectivity index (χ1v) is 8.08. The number of thiophene rings is 1. The second-order valence-corrected chi connectivity index (χ2v) is 6.77. The molecule has 1 atom stereocenters. The van der Waals surface area contributed by atoms with Crippen molar-refractivity contribution in [3.05, 3.63) is 22.0 Å². The Bertz CT molecular complexity index is 779. The number of carbonyl (C=O) groups excluding carboxylic acids is 2. The molecule has 3 N–H and O–H groups in total. The van der Waals surface area contributed by atoms with E-state index in [9.17, 15) is 9.59 Å². The van der Waals surface area contributed by atoms with Gasteiger partial charge in [-0.05, 0) is 39.2 Å². The van der Waals surface area contributed by atoms with Crippen LogP contribution in [0.25, 0.3) is 10.2 Å². The van der Waals surface area contributed by atoms with Crippen LogP contribution in [0.1, 0.15) is 52.4 Å². The quantitative estimate of drug-likeness (QED) is 0.898. The minimum absolute atomic E-state index is 0.292. The molecule has 1 aliphatic rings. The predicted octanol–water partition coefficient (Wildman–Crippen LogP) is 1.79. The number of aromatic nitrogens is 2. The van der Waals surface area contributed by atoms with Crippen molar-refractivity contribution in [2.45, 2.75) is 45.6 Å². The number of fused-ring (bicyclic) bond motifs is 1. The van der Waals surface area contributed by atoms with E-state index in [1.807, 2.05) is 13.8 Å². The largest absolute Gasteiger partial charge is 0.368 e. The first-order chi connectivity index (χ1) is 10.4. The molecule has 0 aliphatic heterocycles. The van der Waals surface area contributed by atoms with E-state index in [1.165, 1.54) is 11.3 Å². The lowest BCUT2D eigenvalue weighted by molar-refractivity contribution is -0.119. The molecule has 1 aliphatic carbocycles. The molecule has 6 nitrogen and oxygen atoms in total. The summed E-state index contributed by atoms with van der Waals surface area (Å²) in [4.78, 5) is 34.0. The molecule has 0 aromatic carbocycles. The Morgan fingerprint density at radius 3 is 2.59 bits per heavy atom. The van der Waals surface area contributed by atoms with Crippen LogP contribution in [0.15, 0.2) is 0 Å². The van der Waals surface area contributed by atoms with Crippen molar-refractivity contribution in [1.29, 1.82) is 0 Å². The first kappa shape index (κ1) is 14.9. The summed E-state index contributed by atoms with van der Waals surface area (Å²) >= 11 is 1.34. The predicted molar refractivity (Wildman–Crippen MR) is 85.0 cm³/mol. The third-order valence-electron chi connectivity index (χ3n) is 3.91. The highest BCUT2D eigenvalue weighted by atomic mass is 32.1. The lowest BCUT2D eigenvalue weighted by Crippen LogP contribution is -2.42. The highest BCUT2D eigenvalue weighted by Crippen LogP contribution is 2.40. The average molecular weight is 318 g/mol. The van der Waals surface area contributed by atoms with Crippen molar-refractivity contribution in [3.8, 4) is 0 Å². The molecular formula is C15H18N4O2S. The van der Waals surface area contributed by atoms with E-state index in [4.69, 9.17) is 5.73 Å². The summed E-state index contributed by atoms with van der Waals surface area (Å²) in [5.74, 6) is 0.500. The highest BCUT2D eigenvalue weighted by molar-refractivity contribution is 7.20. The molecule has 0 bridgehead atoms. The van der Waals surface area contributed by atoms with Crippen molar-refractivity contribution < 1.29 is 9.59 Å². The molecule has 2 amide bonds. The monoisotopic (exact) mass is 318 g/mol. The van der Waals surface area contributed by atoms with Crippen molar-refractivity contribution in [1.82, 2.24) is 15.3 Å². The van der Waals surface area contributed by atoms with Crippen molar-refractivity contribution >= 4 is 33.4 Å². The Morgan fingerprint density at radius 1 is 1.32 bits per heavy atom. The van der Waals surface area contributed by atoms with Crippen LogP contribution < -0.4 is 11.1 Å². The number of nitrogens with zero attached hydrogens (tertiary/aromatic N) is 2. The number of carbonyl (C=O) groups is 2. The zero-order chi connectivity index (χ0) is 16.0. The lowest BCUT2D eigenvalue weighted by Gasteiger charge is -2.09. The van der Waals surface area contributed by atoms with Gasteiger partial charge < -0.3 is 11.1 Å². The van der Waals surface area contributed by atoms with E-state index in [-0.39, 0.29) is 5.91 Å². The van der Waals surface area contributed by atoms with E-state index < -0.39 is 11.9 Å². The maximum Gasteiger partial charge on any atom is 0.262 e. The topological polar surface area (TPSA) is 98.0 Å². The fraction of sp³-hybridized carbons (Fsp3) is 0.467. The van der Waals surface area contributed by atoms with Crippen molar-refractivity contribution in [2.75, 3.05) is 0 Å². The standard InChI is InChI=1S/C15H18N4O2S/c1-6-10-7(2)17-13(9-4-5-9)19-15(10)22-11(6)14(21)18-8(3)12(16)20/h8-9H,4-5H2,1-3H3,(H2,16,20)(H,18,21)/t8-/m1/s1. The lowest BCUT2D eigenvalue weighted by atomic mass is 10.1. The molecule has 3 rings (SSSR count). The second kappa shape index (κ2) is 5.31. The molecule has 1 fully saturated rings. The van der Waals surface area contributed by atoms with Crippen LogP contribution >= 0.6 is 11.3 Å². The SMILES string of the molecule is Cc1nc(C2CC2)nc2sc(C(=O)N[C@H](C)C(N)=O)c(C)c12. The molecule has 0 unspecified atom stereocenters. The summed E-state index contributed by atoms with van der Waals surface area (Å²) in [5, 5.41) is 3.55. The van der Waals surface area contributed by atoms with E-state index in [2.05, 4.69) is 15.3 Å². The van der Waals surface area contributed by atoms with Gasteiger partial charge in [-0.3, -0.25) is 9.59 Å². The average Bonchev–Trinajstić information content (AvgIpc) is 3.23. The normalized spacial score (nSPS) is 15.8. The van der Waals surface area contributed by atoms with Gasteiger partial charge in [0, 0.05) is 11.3 Å². The van der Waals surface area contributed by atoms with Crippen LogP contribution in [0.4, 0.5) is 0 Å². The number of aryl methyl sites for hydroxylation is 2. The zero-order valence-corrected chi connectivity index (χ0v) is 13.6. The Hall–Kier alpha value is -2.02. The van der Waals surface area contributed by atoms with Gasteiger partial charge in [-0.15, -0.1) is 11.3 Å². The van der Waals surface area contributed by atoms with Crippen LogP contribution in [0.3, 0.4) is 0 Å². The highest BCUT2D eigenvalue weighted by Gasteiger charge is 2.28. The van der Waals surface area contributed by atoms with E-state index in [0.29, 0.717) is 10.8 Å². The number of amides is 2. The summed E-state index contributed by atoms with van der Waals surface area (Å²) in [6, 6.07) is -0.702. The molecule has 116 valence electrons. The number of nitrogens with two attached hydrogens (primary N) is 1. The van der Waals surface area contributed by atoms with Gasteiger partial charge in [-0.1, -0.05) is 0 Å². The van der Waals surface area contributed by atoms with E-state index in [0.717, 1.165) is 40.1 Å². The molecule has 0 radical (unpaired) electrons. The second-order valence-electron chi connectivity index (χ2n) is 5.78. The Morgan fingerprint density at radius 2 is 2.00 bits per heavy atom. The fourth-order valence-corrected chi connectivity index (χ4v) is 3.58. The molecule has 0 saturated heterocycles. The minimum atomic E-state index is -0.702. The molecule has 2 aromatic rings. The van der Waals surface area contributed by atoms with Gasteiger partial charge in [0.2, 0.25) is 5.91 Å². The zero-order valence-electron chi connectivity index (χ0n) is 12.8. The molecule has 22 heavy (non-hydrogen) atoms. The van der Waals surface area contributed by atoms with Gasteiger partial charge >= 0.3 is 0 Å². The number of primary amides is 1. The fourth-order valence-electron chi connectivity index (χ4n) is 2.43. The summed E-state index contributed by atoms with van der Waals surface area (Å²) in [6.45, 7) is 5.40. The van der Waals surface area contributed by atoms with Gasteiger partial charge in [0.25, 0.3) is 5.91 Å². The summed E-state index contributed by atoms with van der Waals surface area (Å²) in [6.07, 6.45) is 2.28. The third-order valence-corrected chi connectivity index (χ3v) is 5.10. The molecule has 1 saturated carbocycles. The van der Waals surface area contributed by atoms with Gasteiger partial charge in [-0.2, -0.15) is 0 Å². The molecule has 2 aromatic heterocycles. The molecule has 7 heteroatoms. The van der Waals surface area contributed by atoms with Crippen LogP contribution in [0.2, 0.25) is 0 Å². The number of rotatable bonds is 4. The van der Waals surface area contributed by atoms with Crippen LogP contribution in [-0.2, 0) is 4.79 Å². The van der Waals surface area contributed by atoms with Crippen molar-refractivity contribution in [2.24, 2.45) is 5.73 Å². The maximum absolute atomic E-state index is 12.3. The van der Waals surface area contributed by atoms with Gasteiger partial charge in [-0.25, -0.2) is 9.97 Å². The first-order valence-electron chi connectivity index (χ1n) is 7.26. The van der Waals surface area contributed by atoms with E-state index >= 15 is 0 Å². The van der Waals surface area contributed by atoms with E-state index in [1.54, 1.807) is 6.92 Å². The van der Waals surface area contributed by atoms with Gasteiger partial charge in [0.1, 0.15) is 16.7 Å². The minimum Gasteiger partial charge on any atom is -0.368 e. The Labute approximate surface area is 132 Å². The van der Waals surface area contributed by atoms with Crippen LogP contribution in [0.5, 0.6) is 0 Å². The number of nitrogens with one attached hydrogen (secondary N) is 1. The number of hydrogen-bond acceptors (Lipinski definition) is 5. The Balaban J connectivity index is 2.00. The summed E-state index contributed by atoms with van der Waals surface area (Å²) in [7, 11) is 0. The molecule has 2 heterocycles. The van der Waals surface area contributed by atoms with Crippen LogP contribution in [-0.4, -0.2) is 27.8 Å². The smallest absolute Gasteiger partial charge is 0.262 e. The van der Waals surface area contributed by atoms with Gasteiger partial charge in [0.15, 0.2) is 0 Å². The third kappa shape index (κ3) is 2.56. The molecular weight excluding hydrogens is 300 g/mol. The van der Waals surface area contributed by atoms with Crippen molar-refractivity contribution in [3.63, 3.8) is 0 Å². The number of hydrogen-bond donors (Lipinski definition) is 2. The summed E-state index contributed by atoms with van der Waals surface area (Å²) in [5.41, 5.74) is 6.95. The maximum atomic E-state index is 12.3.